The van der Waals surface area contributed by atoms with E-state index in [1.54, 1.807) is 4.90 Å². The summed E-state index contributed by atoms with van der Waals surface area (Å²) in [6.45, 7) is 4.70. The zero-order valence-corrected chi connectivity index (χ0v) is 17.9. The molecule has 3 rings (SSSR count). The average Bonchev–Trinajstić information content (AvgIpc) is 2.75. The molecule has 6 nitrogen and oxygen atoms in total. The molecule has 0 bridgehead atoms. The molecule has 1 fully saturated rings. The second kappa shape index (κ2) is 10.6. The molecule has 160 valence electrons. The van der Waals surface area contributed by atoms with Crippen LogP contribution in [0.15, 0.2) is 18.2 Å². The molecule has 0 atom stereocenters. The molecule has 1 heterocycles. The van der Waals surface area contributed by atoms with Crippen LogP contribution in [0.4, 0.5) is 5.69 Å². The number of amides is 2. The Labute approximate surface area is 174 Å². The number of aryl methyl sites for hydroxylation is 1. The van der Waals surface area contributed by atoms with Crippen molar-refractivity contribution in [3.05, 3.63) is 23.8 Å². The molecule has 1 aliphatic carbocycles. The SMILES string of the molecule is Cc1ccc2c(c1)N(C(=O)CCC(=O)NCCCN(C)C1CCCCC1)CCO2. The smallest absolute Gasteiger partial charge is 0.227 e. The Morgan fingerprint density at radius 3 is 2.79 bits per heavy atom. The van der Waals surface area contributed by atoms with Gasteiger partial charge in [-0.2, -0.15) is 0 Å². The molecule has 6 heteroatoms. The highest BCUT2D eigenvalue weighted by atomic mass is 16.5. The van der Waals surface area contributed by atoms with E-state index in [9.17, 15) is 9.59 Å². The molecule has 0 radical (unpaired) electrons. The predicted octanol–water partition coefficient (Wildman–Crippen LogP) is 3.27. The third-order valence-corrected chi connectivity index (χ3v) is 6.05. The summed E-state index contributed by atoms with van der Waals surface area (Å²) in [5, 5.41) is 2.97. The quantitative estimate of drug-likeness (QED) is 0.679. The number of ether oxygens (including phenoxy) is 1. The van der Waals surface area contributed by atoms with Crippen LogP contribution in [-0.4, -0.2) is 56.0 Å². The summed E-state index contributed by atoms with van der Waals surface area (Å²) >= 11 is 0. The molecule has 1 aromatic carbocycles. The number of benzene rings is 1. The van der Waals surface area contributed by atoms with Gasteiger partial charge in [-0.15, -0.1) is 0 Å². The summed E-state index contributed by atoms with van der Waals surface area (Å²) in [6.07, 6.45) is 8.05. The number of rotatable bonds is 8. The lowest BCUT2D eigenvalue weighted by molar-refractivity contribution is -0.125. The van der Waals surface area contributed by atoms with Gasteiger partial charge in [0, 0.05) is 25.4 Å². The van der Waals surface area contributed by atoms with Gasteiger partial charge in [-0.05, 0) is 57.5 Å². The number of fused-ring (bicyclic) bond motifs is 1. The lowest BCUT2D eigenvalue weighted by Gasteiger charge is -2.31. The van der Waals surface area contributed by atoms with Crippen LogP contribution in [-0.2, 0) is 9.59 Å². The van der Waals surface area contributed by atoms with Gasteiger partial charge in [0.2, 0.25) is 11.8 Å². The third kappa shape index (κ3) is 6.20. The summed E-state index contributed by atoms with van der Waals surface area (Å²) in [6, 6.07) is 6.56. The Kier molecular flexibility index (Phi) is 7.92. The third-order valence-electron chi connectivity index (χ3n) is 6.05. The van der Waals surface area contributed by atoms with Crippen LogP contribution in [0, 0.1) is 6.92 Å². The average molecular weight is 402 g/mol. The van der Waals surface area contributed by atoms with Gasteiger partial charge in [-0.25, -0.2) is 0 Å². The van der Waals surface area contributed by atoms with Gasteiger partial charge >= 0.3 is 0 Å². The van der Waals surface area contributed by atoms with Crippen LogP contribution >= 0.6 is 0 Å². The molecule has 1 saturated carbocycles. The normalized spacial score (nSPS) is 17.0. The van der Waals surface area contributed by atoms with Crippen LogP contribution < -0.4 is 15.0 Å². The van der Waals surface area contributed by atoms with Gasteiger partial charge in [0.1, 0.15) is 12.4 Å². The Hall–Kier alpha value is -2.08. The van der Waals surface area contributed by atoms with Crippen molar-refractivity contribution in [3.8, 4) is 5.75 Å². The monoisotopic (exact) mass is 401 g/mol. The number of hydrogen-bond acceptors (Lipinski definition) is 4. The highest BCUT2D eigenvalue weighted by Gasteiger charge is 2.24. The van der Waals surface area contributed by atoms with E-state index in [-0.39, 0.29) is 24.7 Å². The molecule has 29 heavy (non-hydrogen) atoms. The second-order valence-electron chi connectivity index (χ2n) is 8.34. The largest absolute Gasteiger partial charge is 0.490 e. The van der Waals surface area contributed by atoms with Crippen molar-refractivity contribution in [1.29, 1.82) is 0 Å². The summed E-state index contributed by atoms with van der Waals surface area (Å²) in [5.74, 6) is 0.672. The van der Waals surface area contributed by atoms with Gasteiger partial charge in [-0.3, -0.25) is 9.59 Å². The maximum absolute atomic E-state index is 12.7. The Bertz CT molecular complexity index is 701. The topological polar surface area (TPSA) is 61.9 Å². The molecule has 1 N–H and O–H groups in total. The maximum atomic E-state index is 12.7. The van der Waals surface area contributed by atoms with E-state index in [0.717, 1.165) is 30.0 Å². The second-order valence-corrected chi connectivity index (χ2v) is 8.34. The van der Waals surface area contributed by atoms with E-state index in [1.807, 2.05) is 25.1 Å². The van der Waals surface area contributed by atoms with E-state index in [2.05, 4.69) is 17.3 Å². The van der Waals surface area contributed by atoms with Gasteiger partial charge in [0.15, 0.2) is 0 Å². The number of nitrogens with one attached hydrogen (secondary N) is 1. The first kappa shape index (κ1) is 21.6. The summed E-state index contributed by atoms with van der Waals surface area (Å²) in [7, 11) is 2.19. The number of nitrogens with zero attached hydrogens (tertiary/aromatic N) is 2. The number of carbonyl (C=O) groups is 2. The van der Waals surface area contributed by atoms with Crippen LogP contribution in [0.3, 0.4) is 0 Å². The minimum atomic E-state index is -0.0450. The lowest BCUT2D eigenvalue weighted by atomic mass is 9.94. The minimum Gasteiger partial charge on any atom is -0.490 e. The molecule has 2 aliphatic rings. The first-order valence-electron chi connectivity index (χ1n) is 11.1. The zero-order chi connectivity index (χ0) is 20.6. The van der Waals surface area contributed by atoms with Gasteiger partial charge in [0.05, 0.1) is 12.2 Å². The predicted molar refractivity (Wildman–Crippen MR) is 115 cm³/mol. The molecule has 1 aromatic rings. The van der Waals surface area contributed by atoms with Crippen molar-refractivity contribution in [2.45, 2.75) is 64.3 Å². The molecular weight excluding hydrogens is 366 g/mol. The van der Waals surface area contributed by atoms with E-state index in [4.69, 9.17) is 4.74 Å². The Morgan fingerprint density at radius 2 is 2.00 bits per heavy atom. The van der Waals surface area contributed by atoms with E-state index >= 15 is 0 Å². The summed E-state index contributed by atoms with van der Waals surface area (Å²) in [5.41, 5.74) is 1.90. The first-order valence-corrected chi connectivity index (χ1v) is 11.1. The van der Waals surface area contributed by atoms with Crippen molar-refractivity contribution in [1.82, 2.24) is 10.2 Å². The van der Waals surface area contributed by atoms with Crippen LogP contribution in [0.1, 0.15) is 56.9 Å². The fourth-order valence-corrected chi connectivity index (χ4v) is 4.29. The van der Waals surface area contributed by atoms with E-state index in [1.165, 1.54) is 32.1 Å². The van der Waals surface area contributed by atoms with Crippen molar-refractivity contribution < 1.29 is 14.3 Å². The fourth-order valence-electron chi connectivity index (χ4n) is 4.29. The van der Waals surface area contributed by atoms with Gasteiger partial charge < -0.3 is 19.9 Å². The number of anilines is 1. The highest BCUT2D eigenvalue weighted by Crippen LogP contribution is 2.32. The minimum absolute atomic E-state index is 0.0210. The van der Waals surface area contributed by atoms with Gasteiger partial charge in [0.25, 0.3) is 0 Å². The fraction of sp³-hybridized carbons (Fsp3) is 0.652. The number of carbonyl (C=O) groups excluding carboxylic acids is 2. The summed E-state index contributed by atoms with van der Waals surface area (Å²) < 4.78 is 5.64. The molecular formula is C23H35N3O3. The van der Waals surface area contributed by atoms with Crippen molar-refractivity contribution >= 4 is 17.5 Å². The van der Waals surface area contributed by atoms with Crippen molar-refractivity contribution in [2.75, 3.05) is 38.2 Å². The van der Waals surface area contributed by atoms with Crippen LogP contribution in [0.5, 0.6) is 5.75 Å². The molecule has 0 unspecified atom stereocenters. The van der Waals surface area contributed by atoms with Crippen LogP contribution in [0.25, 0.3) is 0 Å². The molecule has 1 aliphatic heterocycles. The van der Waals surface area contributed by atoms with Gasteiger partial charge in [-0.1, -0.05) is 25.3 Å². The van der Waals surface area contributed by atoms with Crippen molar-refractivity contribution in [2.24, 2.45) is 0 Å². The Morgan fingerprint density at radius 1 is 1.21 bits per heavy atom. The zero-order valence-electron chi connectivity index (χ0n) is 17.9. The van der Waals surface area contributed by atoms with Crippen molar-refractivity contribution in [3.63, 3.8) is 0 Å². The number of hydrogen-bond donors (Lipinski definition) is 1. The van der Waals surface area contributed by atoms with E-state index < -0.39 is 0 Å². The van der Waals surface area contributed by atoms with Crippen LogP contribution in [0.2, 0.25) is 0 Å². The molecule has 2 amide bonds. The lowest BCUT2D eigenvalue weighted by Crippen LogP contribution is -2.39. The van der Waals surface area contributed by atoms with E-state index in [0.29, 0.717) is 25.7 Å². The Balaban J connectivity index is 1.35. The standard InChI is InChI=1S/C23H35N3O3/c1-18-9-10-21-20(17-18)26(15-16-29-21)23(28)12-11-22(27)24-13-6-14-25(2)19-7-4-3-5-8-19/h9-10,17,19H,3-8,11-16H2,1-2H3,(H,24,27). The molecule has 0 spiro atoms. The molecule has 0 aromatic heterocycles. The first-order chi connectivity index (χ1) is 14.0. The summed E-state index contributed by atoms with van der Waals surface area (Å²) in [4.78, 5) is 29.0. The maximum Gasteiger partial charge on any atom is 0.227 e. The molecule has 0 saturated heterocycles. The highest BCUT2D eigenvalue weighted by molar-refractivity contribution is 5.97.